The monoisotopic (exact) mass is 276 g/mol. The molecule has 1 aromatic carbocycles. The number of nitrogens with one attached hydrogen (secondary N) is 1. The number of carbonyl (C=O) groups is 1. The van der Waals surface area contributed by atoms with Crippen LogP contribution in [0.1, 0.15) is 32.3 Å². The summed E-state index contributed by atoms with van der Waals surface area (Å²) in [7, 11) is 0. The van der Waals surface area contributed by atoms with Gasteiger partial charge in [-0.05, 0) is 18.4 Å². The van der Waals surface area contributed by atoms with Crippen molar-refractivity contribution >= 4 is 6.09 Å². The number of carbonyl (C=O) groups excluding carboxylic acids is 1. The lowest BCUT2D eigenvalue weighted by Gasteiger charge is -2.25. The quantitative estimate of drug-likeness (QED) is 0.899. The molecule has 1 amide bonds. The van der Waals surface area contributed by atoms with Crippen LogP contribution in [0.15, 0.2) is 30.3 Å². The minimum atomic E-state index is -0.193. The van der Waals surface area contributed by atoms with E-state index in [1.165, 1.54) is 0 Å². The van der Waals surface area contributed by atoms with E-state index in [1.807, 2.05) is 35.2 Å². The molecule has 1 heterocycles. The number of nitrogens with zero attached hydrogens (tertiary/aromatic N) is 1. The lowest BCUT2D eigenvalue weighted by Crippen LogP contribution is -2.43. The lowest BCUT2D eigenvalue weighted by atomic mass is 10.2. The van der Waals surface area contributed by atoms with E-state index in [0.29, 0.717) is 12.6 Å². The number of hydrogen-bond donors (Lipinski definition) is 1. The van der Waals surface area contributed by atoms with Crippen LogP contribution in [-0.2, 0) is 11.3 Å². The zero-order valence-electron chi connectivity index (χ0n) is 12.3. The molecule has 4 nitrogen and oxygen atoms in total. The van der Waals surface area contributed by atoms with Crippen LogP contribution in [0.2, 0.25) is 0 Å². The maximum atomic E-state index is 12.1. The highest BCUT2D eigenvalue weighted by atomic mass is 16.6. The summed E-state index contributed by atoms with van der Waals surface area (Å²) in [6, 6.07) is 10.5. The van der Waals surface area contributed by atoms with Gasteiger partial charge < -0.3 is 15.0 Å². The molecule has 0 unspecified atom stereocenters. The fourth-order valence-electron chi connectivity index (χ4n) is 2.46. The average molecular weight is 276 g/mol. The molecular formula is C16H24N2O2. The van der Waals surface area contributed by atoms with Crippen molar-refractivity contribution in [3.8, 4) is 0 Å². The first-order valence-electron chi connectivity index (χ1n) is 7.37. The molecule has 1 aliphatic rings. The summed E-state index contributed by atoms with van der Waals surface area (Å²) in [5.41, 5.74) is 1.02. The number of benzene rings is 1. The van der Waals surface area contributed by atoms with E-state index in [9.17, 15) is 4.79 Å². The summed E-state index contributed by atoms with van der Waals surface area (Å²) in [4.78, 5) is 14.0. The minimum absolute atomic E-state index is 0.193. The van der Waals surface area contributed by atoms with Crippen LogP contribution >= 0.6 is 0 Å². The molecule has 4 heteroatoms. The second-order valence-corrected chi connectivity index (χ2v) is 5.59. The maximum Gasteiger partial charge on any atom is 0.410 e. The molecule has 1 saturated heterocycles. The number of amides is 1. The van der Waals surface area contributed by atoms with E-state index in [4.69, 9.17) is 4.74 Å². The fraction of sp³-hybridized carbons (Fsp3) is 0.562. The lowest BCUT2D eigenvalue weighted by molar-refractivity contribution is 0.0916. The van der Waals surface area contributed by atoms with Crippen LogP contribution in [0.3, 0.4) is 0 Å². The molecule has 0 aromatic heterocycles. The van der Waals surface area contributed by atoms with Crippen LogP contribution < -0.4 is 5.32 Å². The van der Waals surface area contributed by atoms with Crippen LogP contribution in [0, 0.1) is 0 Å². The third-order valence-electron chi connectivity index (χ3n) is 3.58. The normalized spacial score (nSPS) is 18.6. The van der Waals surface area contributed by atoms with Crippen LogP contribution in [-0.4, -0.2) is 36.2 Å². The first-order valence-corrected chi connectivity index (χ1v) is 7.37. The zero-order chi connectivity index (χ0) is 14.4. The second kappa shape index (κ2) is 7.29. The Morgan fingerprint density at radius 1 is 1.40 bits per heavy atom. The van der Waals surface area contributed by atoms with Gasteiger partial charge in [-0.25, -0.2) is 4.79 Å². The molecule has 1 atom stereocenters. The average Bonchev–Trinajstić information content (AvgIpc) is 2.92. The summed E-state index contributed by atoms with van der Waals surface area (Å²) in [5.74, 6) is 0. The smallest absolute Gasteiger partial charge is 0.410 e. The van der Waals surface area contributed by atoms with Crippen molar-refractivity contribution in [1.29, 1.82) is 0 Å². The van der Waals surface area contributed by atoms with Crippen molar-refractivity contribution in [3.05, 3.63) is 35.9 Å². The number of rotatable bonds is 5. The van der Waals surface area contributed by atoms with E-state index in [-0.39, 0.29) is 12.1 Å². The van der Waals surface area contributed by atoms with Gasteiger partial charge in [-0.3, -0.25) is 0 Å². The van der Waals surface area contributed by atoms with Gasteiger partial charge in [0.2, 0.25) is 0 Å². The van der Waals surface area contributed by atoms with Gasteiger partial charge in [0.05, 0.1) is 0 Å². The molecular weight excluding hydrogens is 252 g/mol. The molecule has 0 aliphatic carbocycles. The van der Waals surface area contributed by atoms with Crippen molar-refractivity contribution in [1.82, 2.24) is 10.2 Å². The molecule has 110 valence electrons. The highest BCUT2D eigenvalue weighted by Crippen LogP contribution is 2.18. The van der Waals surface area contributed by atoms with E-state index < -0.39 is 0 Å². The molecule has 2 rings (SSSR count). The number of hydrogen-bond acceptors (Lipinski definition) is 3. The topological polar surface area (TPSA) is 41.6 Å². The summed E-state index contributed by atoms with van der Waals surface area (Å²) in [6.45, 7) is 6.23. The summed E-state index contributed by atoms with van der Waals surface area (Å²) >= 11 is 0. The van der Waals surface area contributed by atoms with Gasteiger partial charge in [-0.1, -0.05) is 44.2 Å². The summed E-state index contributed by atoms with van der Waals surface area (Å²) in [5, 5.41) is 3.40. The fourth-order valence-corrected chi connectivity index (χ4v) is 2.46. The minimum Gasteiger partial charge on any atom is -0.445 e. The molecule has 1 aliphatic heterocycles. The Labute approximate surface area is 121 Å². The first kappa shape index (κ1) is 14.9. The summed E-state index contributed by atoms with van der Waals surface area (Å²) < 4.78 is 5.41. The van der Waals surface area contributed by atoms with E-state index in [1.54, 1.807) is 0 Å². The predicted molar refractivity (Wildman–Crippen MR) is 79.5 cm³/mol. The SMILES string of the molecule is CC(C)NC[C@@H]1CCCN1C(=O)OCc1ccccc1. The van der Waals surface area contributed by atoms with Gasteiger partial charge in [-0.2, -0.15) is 0 Å². The Hall–Kier alpha value is -1.55. The largest absolute Gasteiger partial charge is 0.445 e. The van der Waals surface area contributed by atoms with Crippen molar-refractivity contribution < 1.29 is 9.53 Å². The number of likely N-dealkylation sites (tertiary alicyclic amines) is 1. The Morgan fingerprint density at radius 3 is 2.85 bits per heavy atom. The Bertz CT molecular complexity index is 420. The van der Waals surface area contributed by atoms with Gasteiger partial charge in [0, 0.05) is 25.2 Å². The van der Waals surface area contributed by atoms with E-state index in [2.05, 4.69) is 19.2 Å². The molecule has 1 aromatic rings. The molecule has 0 radical (unpaired) electrons. The van der Waals surface area contributed by atoms with Gasteiger partial charge >= 0.3 is 6.09 Å². The van der Waals surface area contributed by atoms with Crippen LogP contribution in [0.5, 0.6) is 0 Å². The highest BCUT2D eigenvalue weighted by molar-refractivity contribution is 5.68. The number of ether oxygens (including phenoxy) is 1. The van der Waals surface area contributed by atoms with E-state index in [0.717, 1.165) is 31.5 Å². The first-order chi connectivity index (χ1) is 9.66. The third-order valence-corrected chi connectivity index (χ3v) is 3.58. The molecule has 20 heavy (non-hydrogen) atoms. The molecule has 1 N–H and O–H groups in total. The Balaban J connectivity index is 1.81. The van der Waals surface area contributed by atoms with Crippen molar-refractivity contribution in [2.24, 2.45) is 0 Å². The highest BCUT2D eigenvalue weighted by Gasteiger charge is 2.29. The molecule has 0 saturated carbocycles. The van der Waals surface area contributed by atoms with Gasteiger partial charge in [0.15, 0.2) is 0 Å². The standard InChI is InChI=1S/C16H24N2O2/c1-13(2)17-11-15-9-6-10-18(15)16(19)20-12-14-7-4-3-5-8-14/h3-5,7-8,13,15,17H,6,9-12H2,1-2H3/t15-/m0/s1. The Kier molecular flexibility index (Phi) is 5.41. The molecule has 0 bridgehead atoms. The predicted octanol–water partition coefficient (Wildman–Crippen LogP) is 2.79. The van der Waals surface area contributed by atoms with E-state index >= 15 is 0 Å². The van der Waals surface area contributed by atoms with Crippen molar-refractivity contribution in [3.63, 3.8) is 0 Å². The summed E-state index contributed by atoms with van der Waals surface area (Å²) in [6.07, 6.45) is 1.92. The third kappa shape index (κ3) is 4.23. The van der Waals surface area contributed by atoms with Crippen LogP contribution in [0.4, 0.5) is 4.79 Å². The Morgan fingerprint density at radius 2 is 2.15 bits per heavy atom. The molecule has 1 fully saturated rings. The molecule has 0 spiro atoms. The van der Waals surface area contributed by atoms with Crippen molar-refractivity contribution in [2.45, 2.75) is 45.4 Å². The van der Waals surface area contributed by atoms with Gasteiger partial charge in [-0.15, -0.1) is 0 Å². The van der Waals surface area contributed by atoms with Gasteiger partial charge in [0.1, 0.15) is 6.61 Å². The van der Waals surface area contributed by atoms with Crippen LogP contribution in [0.25, 0.3) is 0 Å². The van der Waals surface area contributed by atoms with Crippen molar-refractivity contribution in [2.75, 3.05) is 13.1 Å². The van der Waals surface area contributed by atoms with Gasteiger partial charge in [0.25, 0.3) is 0 Å². The zero-order valence-corrected chi connectivity index (χ0v) is 12.3. The maximum absolute atomic E-state index is 12.1. The second-order valence-electron chi connectivity index (χ2n) is 5.59.